The van der Waals surface area contributed by atoms with Crippen molar-refractivity contribution in [3.63, 3.8) is 0 Å². The Morgan fingerprint density at radius 2 is 1.96 bits per heavy atom. The van der Waals surface area contributed by atoms with Crippen molar-refractivity contribution in [2.75, 3.05) is 12.8 Å². The van der Waals surface area contributed by atoms with E-state index in [2.05, 4.69) is 16.0 Å². The number of nitriles is 1. The predicted molar refractivity (Wildman–Crippen MR) is 104 cm³/mol. The molecule has 1 fully saturated rings. The lowest BCUT2D eigenvalue weighted by molar-refractivity contribution is 0.0600. The van der Waals surface area contributed by atoms with Gasteiger partial charge in [0.1, 0.15) is 17.5 Å². The van der Waals surface area contributed by atoms with Gasteiger partial charge < -0.3 is 10.5 Å². The van der Waals surface area contributed by atoms with Crippen molar-refractivity contribution in [3.05, 3.63) is 46.6 Å². The van der Waals surface area contributed by atoms with Crippen molar-refractivity contribution in [2.24, 2.45) is 0 Å². The molecule has 140 valence electrons. The number of hydrogen-bond donors (Lipinski definition) is 1. The van der Waals surface area contributed by atoms with Crippen molar-refractivity contribution in [2.45, 2.75) is 48.9 Å². The van der Waals surface area contributed by atoms with Crippen LogP contribution in [0.3, 0.4) is 0 Å². The van der Waals surface area contributed by atoms with Crippen molar-refractivity contribution in [1.29, 1.82) is 5.26 Å². The largest absolute Gasteiger partial charge is 0.465 e. The van der Waals surface area contributed by atoms with Crippen molar-refractivity contribution in [1.82, 2.24) is 9.97 Å². The fourth-order valence-corrected chi connectivity index (χ4v) is 4.14. The van der Waals surface area contributed by atoms with Crippen molar-refractivity contribution < 1.29 is 9.53 Å². The quantitative estimate of drug-likeness (QED) is 0.472. The highest BCUT2D eigenvalue weighted by atomic mass is 32.2. The minimum absolute atomic E-state index is 0.261. The zero-order chi connectivity index (χ0) is 19.2. The number of ether oxygens (including phenoxy) is 1. The van der Waals surface area contributed by atoms with Crippen LogP contribution in [0.1, 0.15) is 65.2 Å². The minimum atomic E-state index is -0.352. The molecular formula is C20H22N4O2S. The third kappa shape index (κ3) is 4.58. The Kier molecular flexibility index (Phi) is 6.30. The van der Waals surface area contributed by atoms with E-state index in [0.29, 0.717) is 22.0 Å². The highest BCUT2D eigenvalue weighted by molar-refractivity contribution is 7.98. The van der Waals surface area contributed by atoms with Crippen LogP contribution in [-0.4, -0.2) is 23.0 Å². The lowest BCUT2D eigenvalue weighted by atomic mass is 9.85. The maximum Gasteiger partial charge on any atom is 0.337 e. The van der Waals surface area contributed by atoms with Crippen LogP contribution in [0.15, 0.2) is 29.4 Å². The van der Waals surface area contributed by atoms with Crippen LogP contribution in [-0.2, 0) is 10.5 Å². The summed E-state index contributed by atoms with van der Waals surface area (Å²) in [5.41, 5.74) is 8.82. The lowest BCUT2D eigenvalue weighted by Crippen LogP contribution is -2.12. The van der Waals surface area contributed by atoms with Gasteiger partial charge in [-0.1, -0.05) is 43.2 Å². The second kappa shape index (κ2) is 8.87. The highest BCUT2D eigenvalue weighted by Gasteiger charge is 2.23. The van der Waals surface area contributed by atoms with E-state index < -0.39 is 0 Å². The molecule has 1 aromatic heterocycles. The summed E-state index contributed by atoms with van der Waals surface area (Å²) >= 11 is 1.48. The summed E-state index contributed by atoms with van der Waals surface area (Å²) in [5, 5.41) is 10.1. The number of carbonyl (C=O) groups excluding carboxylic acids is 1. The summed E-state index contributed by atoms with van der Waals surface area (Å²) in [6, 6.07) is 9.43. The first-order chi connectivity index (χ1) is 13.1. The third-order valence-corrected chi connectivity index (χ3v) is 5.71. The number of hydrogen-bond acceptors (Lipinski definition) is 7. The average molecular weight is 382 g/mol. The number of benzene rings is 1. The van der Waals surface area contributed by atoms with E-state index in [1.807, 2.05) is 12.1 Å². The van der Waals surface area contributed by atoms with Gasteiger partial charge in [-0.3, -0.25) is 0 Å². The number of nitrogens with two attached hydrogens (primary N) is 1. The molecule has 0 radical (unpaired) electrons. The molecule has 1 aliphatic rings. The number of aromatic nitrogens is 2. The molecule has 0 unspecified atom stereocenters. The van der Waals surface area contributed by atoms with E-state index in [1.54, 1.807) is 12.1 Å². The lowest BCUT2D eigenvalue weighted by Gasteiger charge is -2.22. The Morgan fingerprint density at radius 1 is 1.26 bits per heavy atom. The molecule has 0 amide bonds. The zero-order valence-electron chi connectivity index (χ0n) is 15.3. The van der Waals surface area contributed by atoms with Crippen LogP contribution < -0.4 is 5.73 Å². The van der Waals surface area contributed by atoms with Crippen LogP contribution in [0, 0.1) is 11.3 Å². The van der Waals surface area contributed by atoms with Gasteiger partial charge in [-0.25, -0.2) is 14.8 Å². The average Bonchev–Trinajstić information content (AvgIpc) is 2.72. The van der Waals surface area contributed by atoms with Crippen LogP contribution in [0.5, 0.6) is 0 Å². The fourth-order valence-electron chi connectivity index (χ4n) is 3.33. The monoisotopic (exact) mass is 382 g/mol. The van der Waals surface area contributed by atoms with Crippen LogP contribution >= 0.6 is 11.8 Å². The zero-order valence-corrected chi connectivity index (χ0v) is 16.1. The molecule has 0 aliphatic heterocycles. The summed E-state index contributed by atoms with van der Waals surface area (Å²) < 4.78 is 4.71. The number of carbonyl (C=O) groups is 1. The van der Waals surface area contributed by atoms with Gasteiger partial charge in [0.2, 0.25) is 0 Å². The maximum atomic E-state index is 11.5. The second-order valence-corrected chi connectivity index (χ2v) is 7.52. The van der Waals surface area contributed by atoms with E-state index in [4.69, 9.17) is 10.5 Å². The summed E-state index contributed by atoms with van der Waals surface area (Å²) in [7, 11) is 1.36. The van der Waals surface area contributed by atoms with Gasteiger partial charge in [0.05, 0.1) is 18.4 Å². The van der Waals surface area contributed by atoms with E-state index in [-0.39, 0.29) is 17.7 Å². The van der Waals surface area contributed by atoms with Gasteiger partial charge in [-0.05, 0) is 30.5 Å². The first kappa shape index (κ1) is 19.2. The van der Waals surface area contributed by atoms with Crippen molar-refractivity contribution >= 4 is 23.5 Å². The number of rotatable bonds is 5. The normalized spacial score (nSPS) is 14.5. The maximum absolute atomic E-state index is 11.5. The Balaban J connectivity index is 1.76. The van der Waals surface area contributed by atoms with Gasteiger partial charge in [0, 0.05) is 11.7 Å². The molecule has 2 aromatic rings. The van der Waals surface area contributed by atoms with Crippen LogP contribution in [0.2, 0.25) is 0 Å². The molecule has 0 atom stereocenters. The topological polar surface area (TPSA) is 102 Å². The Morgan fingerprint density at radius 3 is 2.59 bits per heavy atom. The molecule has 1 heterocycles. The Hall–Kier alpha value is -2.59. The molecule has 1 aromatic carbocycles. The van der Waals surface area contributed by atoms with Gasteiger partial charge in [-0.2, -0.15) is 5.26 Å². The summed E-state index contributed by atoms with van der Waals surface area (Å²) in [5.74, 6) is 0.847. The Labute approximate surface area is 163 Å². The molecule has 3 rings (SSSR count). The van der Waals surface area contributed by atoms with Gasteiger partial charge in [-0.15, -0.1) is 0 Å². The number of nitrogen functional groups attached to an aromatic ring is 1. The van der Waals surface area contributed by atoms with E-state index >= 15 is 0 Å². The number of nitrogens with zero attached hydrogens (tertiary/aromatic N) is 3. The first-order valence-corrected chi connectivity index (χ1v) is 9.98. The smallest absolute Gasteiger partial charge is 0.337 e. The van der Waals surface area contributed by atoms with Gasteiger partial charge in [0.15, 0.2) is 5.16 Å². The predicted octanol–water partition coefficient (Wildman–Crippen LogP) is 4.06. The molecule has 6 nitrogen and oxygen atoms in total. The van der Waals surface area contributed by atoms with Crippen LogP contribution in [0.4, 0.5) is 5.82 Å². The number of thioether (sulfide) groups is 1. The SMILES string of the molecule is COC(=O)c1ccc(CSc2nc(N)c(C#N)c(C3CCCCC3)n2)cc1. The summed E-state index contributed by atoms with van der Waals surface area (Å²) in [6.45, 7) is 0. The molecule has 7 heteroatoms. The van der Waals surface area contributed by atoms with Gasteiger partial charge >= 0.3 is 5.97 Å². The van der Waals surface area contributed by atoms with Crippen molar-refractivity contribution in [3.8, 4) is 6.07 Å². The highest BCUT2D eigenvalue weighted by Crippen LogP contribution is 2.35. The second-order valence-electron chi connectivity index (χ2n) is 6.58. The first-order valence-electron chi connectivity index (χ1n) is 9.00. The van der Waals surface area contributed by atoms with E-state index in [0.717, 1.165) is 36.9 Å². The fraction of sp³-hybridized carbons (Fsp3) is 0.400. The summed E-state index contributed by atoms with van der Waals surface area (Å²) in [4.78, 5) is 20.5. The molecule has 1 saturated carbocycles. The number of methoxy groups -OCH3 is 1. The molecule has 0 bridgehead atoms. The van der Waals surface area contributed by atoms with E-state index in [1.165, 1.54) is 25.3 Å². The standard InChI is InChI=1S/C20H22N4O2S/c1-26-19(25)15-9-7-13(8-10-15)12-27-20-23-17(14-5-3-2-4-6-14)16(11-21)18(22)24-20/h7-10,14H,2-6,12H2,1H3,(H2,22,23,24). The van der Waals surface area contributed by atoms with E-state index in [9.17, 15) is 10.1 Å². The van der Waals surface area contributed by atoms with Crippen LogP contribution in [0.25, 0.3) is 0 Å². The van der Waals surface area contributed by atoms with Gasteiger partial charge in [0.25, 0.3) is 0 Å². The molecule has 2 N–H and O–H groups in total. The number of anilines is 1. The minimum Gasteiger partial charge on any atom is -0.465 e. The molecular weight excluding hydrogens is 360 g/mol. The third-order valence-electron chi connectivity index (χ3n) is 4.79. The molecule has 0 saturated heterocycles. The molecule has 27 heavy (non-hydrogen) atoms. The molecule has 1 aliphatic carbocycles. The number of esters is 1. The summed E-state index contributed by atoms with van der Waals surface area (Å²) in [6.07, 6.45) is 5.65. The Bertz CT molecular complexity index is 856. The molecule has 0 spiro atoms.